The van der Waals surface area contributed by atoms with E-state index in [9.17, 15) is 24.0 Å². The van der Waals surface area contributed by atoms with Gasteiger partial charge in [0.15, 0.2) is 0 Å². The van der Waals surface area contributed by atoms with Gasteiger partial charge in [-0.05, 0) is 27.2 Å². The summed E-state index contributed by atoms with van der Waals surface area (Å²) in [6.45, 7) is 5.01. The minimum atomic E-state index is -1.02. The first kappa shape index (κ1) is 18.6. The van der Waals surface area contributed by atoms with Crippen LogP contribution in [0, 0.1) is 0 Å². The summed E-state index contributed by atoms with van der Waals surface area (Å²) in [7, 11) is 0. The molecule has 0 radical (unpaired) electrons. The van der Waals surface area contributed by atoms with Crippen LogP contribution in [0.15, 0.2) is 0 Å². The summed E-state index contributed by atoms with van der Waals surface area (Å²) in [4.78, 5) is 61.4. The maximum atomic E-state index is 11.9. The van der Waals surface area contributed by atoms with Gasteiger partial charge >= 0.3 is 11.9 Å². The summed E-state index contributed by atoms with van der Waals surface area (Å²) in [5, 5.41) is 2.69. The van der Waals surface area contributed by atoms with Crippen molar-refractivity contribution in [2.45, 2.75) is 58.1 Å². The van der Waals surface area contributed by atoms with Crippen molar-refractivity contribution in [3.63, 3.8) is 0 Å². The number of rotatable bonds is 7. The van der Waals surface area contributed by atoms with Gasteiger partial charge < -0.3 is 14.9 Å². The van der Waals surface area contributed by atoms with Crippen molar-refractivity contribution in [3.8, 4) is 0 Å². The van der Waals surface area contributed by atoms with Gasteiger partial charge in [0.05, 0.1) is 6.42 Å². The van der Waals surface area contributed by atoms with Crippen molar-refractivity contribution in [2.75, 3.05) is 0 Å². The predicted octanol–water partition coefficient (Wildman–Crippen LogP) is -0.170. The molecule has 0 bridgehead atoms. The van der Waals surface area contributed by atoms with E-state index in [1.807, 2.05) is 0 Å². The van der Waals surface area contributed by atoms with Crippen molar-refractivity contribution in [1.29, 1.82) is 0 Å². The molecule has 3 amide bonds. The first-order valence-corrected chi connectivity index (χ1v) is 7.13. The van der Waals surface area contributed by atoms with Crippen LogP contribution in [0.3, 0.4) is 0 Å². The van der Waals surface area contributed by atoms with Crippen LogP contribution in [0.25, 0.3) is 0 Å². The van der Waals surface area contributed by atoms with Gasteiger partial charge in [-0.15, -0.1) is 5.06 Å². The quantitative estimate of drug-likeness (QED) is 0.391. The zero-order valence-corrected chi connectivity index (χ0v) is 13.3. The van der Waals surface area contributed by atoms with E-state index in [-0.39, 0.29) is 25.7 Å². The molecule has 1 N–H and O–H groups in total. The third kappa shape index (κ3) is 6.05. The minimum Gasteiger partial charge on any atom is -0.458 e. The molecule has 9 heteroatoms. The van der Waals surface area contributed by atoms with Gasteiger partial charge in [-0.1, -0.05) is 0 Å². The third-order valence-corrected chi connectivity index (χ3v) is 2.80. The van der Waals surface area contributed by atoms with Crippen LogP contribution in [0.4, 0.5) is 0 Å². The zero-order chi connectivity index (χ0) is 17.6. The molecule has 1 atom stereocenters. The monoisotopic (exact) mass is 328 g/mol. The molecule has 23 heavy (non-hydrogen) atoms. The molecular weight excluding hydrogens is 308 g/mol. The Labute approximate surface area is 133 Å². The lowest BCUT2D eigenvalue weighted by molar-refractivity contribution is -0.197. The molecule has 0 aliphatic carbocycles. The molecule has 1 heterocycles. The Balaban J connectivity index is 2.52. The van der Waals surface area contributed by atoms with Crippen LogP contribution in [0.2, 0.25) is 0 Å². The first-order valence-electron chi connectivity index (χ1n) is 7.13. The van der Waals surface area contributed by atoms with Crippen LogP contribution < -0.4 is 5.32 Å². The Hall–Kier alpha value is -2.45. The van der Waals surface area contributed by atoms with Gasteiger partial charge in [-0.3, -0.25) is 14.4 Å². The summed E-state index contributed by atoms with van der Waals surface area (Å²) < 4.78 is 5.12. The highest BCUT2D eigenvalue weighted by Gasteiger charge is 2.33. The predicted molar refractivity (Wildman–Crippen MR) is 75.2 cm³/mol. The number of nitrogens with zero attached hydrogens (tertiary/aromatic N) is 1. The molecular formula is C14H20N2O7. The van der Waals surface area contributed by atoms with E-state index in [2.05, 4.69) is 10.2 Å². The lowest BCUT2D eigenvalue weighted by Crippen LogP contribution is -2.41. The van der Waals surface area contributed by atoms with Crippen molar-refractivity contribution in [3.05, 3.63) is 0 Å². The summed E-state index contributed by atoms with van der Waals surface area (Å²) in [6, 6.07) is -1.02. The molecule has 0 aromatic heterocycles. The SMILES string of the molecule is CC(C)(C)OC(=O)C(CCC(=O)ON1C(=O)CCC1=O)NC=O. The average Bonchev–Trinajstić information content (AvgIpc) is 2.73. The Morgan fingerprint density at radius 3 is 2.30 bits per heavy atom. The zero-order valence-electron chi connectivity index (χ0n) is 13.3. The molecule has 0 spiro atoms. The highest BCUT2D eigenvalue weighted by atomic mass is 16.7. The van der Waals surface area contributed by atoms with Gasteiger partial charge in [0.1, 0.15) is 11.6 Å². The Kier molecular flexibility index (Phi) is 6.23. The lowest BCUT2D eigenvalue weighted by Gasteiger charge is -2.23. The number of hydrogen-bond donors (Lipinski definition) is 1. The second kappa shape index (κ2) is 7.70. The van der Waals surface area contributed by atoms with E-state index >= 15 is 0 Å². The summed E-state index contributed by atoms with van der Waals surface area (Å²) in [5.74, 6) is -2.71. The van der Waals surface area contributed by atoms with Crippen molar-refractivity contribution in [1.82, 2.24) is 10.4 Å². The topological polar surface area (TPSA) is 119 Å². The molecule has 0 aromatic carbocycles. The van der Waals surface area contributed by atoms with Crippen LogP contribution >= 0.6 is 0 Å². The van der Waals surface area contributed by atoms with Gasteiger partial charge in [0.2, 0.25) is 6.41 Å². The van der Waals surface area contributed by atoms with Crippen molar-refractivity contribution < 1.29 is 33.5 Å². The summed E-state index contributed by atoms with van der Waals surface area (Å²) in [5.41, 5.74) is -0.741. The van der Waals surface area contributed by atoms with Gasteiger partial charge in [0.25, 0.3) is 11.8 Å². The fraction of sp³-hybridized carbons (Fsp3) is 0.643. The van der Waals surface area contributed by atoms with E-state index in [1.54, 1.807) is 20.8 Å². The van der Waals surface area contributed by atoms with Crippen LogP contribution in [-0.2, 0) is 33.5 Å². The highest BCUT2D eigenvalue weighted by Crippen LogP contribution is 2.14. The van der Waals surface area contributed by atoms with E-state index < -0.39 is 35.4 Å². The molecule has 1 aliphatic rings. The molecule has 128 valence electrons. The maximum Gasteiger partial charge on any atom is 0.333 e. The normalized spacial score (nSPS) is 16.0. The number of hydrogen-bond acceptors (Lipinski definition) is 7. The Morgan fingerprint density at radius 2 is 1.83 bits per heavy atom. The third-order valence-electron chi connectivity index (χ3n) is 2.80. The van der Waals surface area contributed by atoms with Gasteiger partial charge in [-0.2, -0.15) is 0 Å². The molecule has 1 rings (SSSR count). The highest BCUT2D eigenvalue weighted by molar-refractivity contribution is 6.01. The van der Waals surface area contributed by atoms with Gasteiger partial charge in [0, 0.05) is 12.8 Å². The van der Waals surface area contributed by atoms with Crippen molar-refractivity contribution in [2.24, 2.45) is 0 Å². The molecule has 9 nitrogen and oxygen atoms in total. The fourth-order valence-electron chi connectivity index (χ4n) is 1.79. The van der Waals surface area contributed by atoms with Crippen LogP contribution in [0.5, 0.6) is 0 Å². The molecule has 1 unspecified atom stereocenters. The fourth-order valence-corrected chi connectivity index (χ4v) is 1.79. The Bertz CT molecular complexity index is 494. The number of esters is 1. The Morgan fingerprint density at radius 1 is 1.26 bits per heavy atom. The summed E-state index contributed by atoms with van der Waals surface area (Å²) in [6.07, 6.45) is -0.0311. The molecule has 1 saturated heterocycles. The number of carbonyl (C=O) groups excluding carboxylic acids is 5. The number of amides is 3. The largest absolute Gasteiger partial charge is 0.458 e. The number of nitrogens with one attached hydrogen (secondary N) is 1. The van der Waals surface area contributed by atoms with Crippen LogP contribution in [-0.4, -0.2) is 46.9 Å². The smallest absolute Gasteiger partial charge is 0.333 e. The number of carbonyl (C=O) groups is 5. The first-order chi connectivity index (χ1) is 10.6. The van der Waals surface area contributed by atoms with Crippen molar-refractivity contribution >= 4 is 30.2 Å². The number of imide groups is 1. The summed E-state index contributed by atoms with van der Waals surface area (Å²) >= 11 is 0. The van der Waals surface area contributed by atoms with Crippen LogP contribution in [0.1, 0.15) is 46.5 Å². The maximum absolute atomic E-state index is 11.9. The minimum absolute atomic E-state index is 0.000651. The molecule has 0 saturated carbocycles. The van der Waals surface area contributed by atoms with E-state index in [4.69, 9.17) is 4.74 Å². The second-order valence-corrected chi connectivity index (χ2v) is 5.95. The van der Waals surface area contributed by atoms with E-state index in [0.29, 0.717) is 11.5 Å². The van der Waals surface area contributed by atoms with E-state index in [0.717, 1.165) is 0 Å². The molecule has 1 fully saturated rings. The second-order valence-electron chi connectivity index (χ2n) is 5.95. The molecule has 0 aromatic rings. The van der Waals surface area contributed by atoms with E-state index in [1.165, 1.54) is 0 Å². The number of hydroxylamine groups is 2. The molecule has 1 aliphatic heterocycles. The standard InChI is InChI=1S/C14H20N2O7/c1-14(2,3)22-13(21)9(15-8-17)4-7-12(20)23-16-10(18)5-6-11(16)19/h8-9H,4-7H2,1-3H3,(H,15,17). The van der Waals surface area contributed by atoms with Gasteiger partial charge in [-0.25, -0.2) is 9.59 Å². The number of ether oxygens (including phenoxy) is 1. The average molecular weight is 328 g/mol. The lowest BCUT2D eigenvalue weighted by atomic mass is 10.1.